The molecule has 0 aromatic heterocycles. The van der Waals surface area contributed by atoms with Gasteiger partial charge in [0.05, 0.1) is 12.6 Å². The van der Waals surface area contributed by atoms with Gasteiger partial charge < -0.3 is 20.3 Å². The van der Waals surface area contributed by atoms with Crippen LogP contribution in [0.4, 0.5) is 16.2 Å². The van der Waals surface area contributed by atoms with E-state index in [9.17, 15) is 4.79 Å². The van der Waals surface area contributed by atoms with Crippen LogP contribution in [0.3, 0.4) is 0 Å². The second-order valence-corrected chi connectivity index (χ2v) is 9.55. The van der Waals surface area contributed by atoms with Crippen LogP contribution in [0.5, 0.6) is 5.75 Å². The molecule has 36 heavy (non-hydrogen) atoms. The predicted molar refractivity (Wildman–Crippen MR) is 148 cm³/mol. The molecule has 0 bridgehead atoms. The number of unbranched alkanes of at least 4 members (excludes halogenated alkanes) is 1. The maximum Gasteiger partial charge on any atom is 0.319 e. The van der Waals surface area contributed by atoms with E-state index in [0.29, 0.717) is 13.2 Å². The van der Waals surface area contributed by atoms with Gasteiger partial charge in [-0.05, 0) is 65.9 Å². The zero-order chi connectivity index (χ0) is 25.3. The Morgan fingerprint density at radius 2 is 1.72 bits per heavy atom. The molecule has 2 N–H and O–H groups in total. The van der Waals surface area contributed by atoms with Crippen molar-refractivity contribution in [3.8, 4) is 5.75 Å². The van der Waals surface area contributed by atoms with Gasteiger partial charge in [0, 0.05) is 45.1 Å². The van der Waals surface area contributed by atoms with Crippen LogP contribution in [0.2, 0.25) is 0 Å². The first-order valence-electron chi connectivity index (χ1n) is 12.9. The number of rotatable bonds is 10. The molecule has 0 unspecified atom stereocenters. The Balaban J connectivity index is 1.41. The van der Waals surface area contributed by atoms with E-state index in [1.165, 1.54) is 16.7 Å². The minimum Gasteiger partial charge on any atom is -0.494 e. The lowest BCUT2D eigenvalue weighted by atomic mass is 9.96. The Morgan fingerprint density at radius 1 is 1.00 bits per heavy atom. The average molecular weight is 487 g/mol. The van der Waals surface area contributed by atoms with E-state index < -0.39 is 0 Å². The predicted octanol–water partition coefficient (Wildman–Crippen LogP) is 5.85. The maximum absolute atomic E-state index is 12.8. The fourth-order valence-electron chi connectivity index (χ4n) is 4.57. The lowest BCUT2D eigenvalue weighted by molar-refractivity contribution is 0.175. The smallest absolute Gasteiger partial charge is 0.319 e. The number of carbonyl (C=O) groups excluding carboxylic acids is 1. The molecule has 1 aliphatic heterocycles. The number of anilines is 2. The van der Waals surface area contributed by atoms with Crippen LogP contribution in [0.25, 0.3) is 0 Å². The number of fused-ring (bicyclic) bond motifs is 1. The van der Waals surface area contributed by atoms with Gasteiger partial charge >= 0.3 is 6.03 Å². The number of benzene rings is 3. The molecule has 0 saturated heterocycles. The Morgan fingerprint density at radius 3 is 2.42 bits per heavy atom. The summed E-state index contributed by atoms with van der Waals surface area (Å²) >= 11 is 0. The van der Waals surface area contributed by atoms with Gasteiger partial charge in [-0.2, -0.15) is 0 Å². The van der Waals surface area contributed by atoms with Crippen molar-refractivity contribution in [2.24, 2.45) is 0 Å². The molecule has 0 radical (unpaired) electrons. The van der Waals surface area contributed by atoms with Crippen molar-refractivity contribution in [1.82, 2.24) is 10.2 Å². The molecule has 1 aliphatic rings. The molecular weight excluding hydrogens is 448 g/mol. The van der Waals surface area contributed by atoms with Crippen LogP contribution in [-0.4, -0.2) is 44.7 Å². The molecule has 6 nitrogen and oxygen atoms in total. The number of ether oxygens (including phenoxy) is 1. The quantitative estimate of drug-likeness (QED) is 0.353. The minimum absolute atomic E-state index is 0.0784. The van der Waals surface area contributed by atoms with E-state index in [2.05, 4.69) is 75.9 Å². The third-order valence-corrected chi connectivity index (χ3v) is 6.73. The minimum atomic E-state index is -0.207. The van der Waals surface area contributed by atoms with E-state index in [1.54, 1.807) is 0 Å². The molecule has 3 aromatic carbocycles. The van der Waals surface area contributed by atoms with Gasteiger partial charge in [0.15, 0.2) is 0 Å². The highest BCUT2D eigenvalue weighted by Gasteiger charge is 2.25. The molecule has 4 rings (SSSR count). The molecule has 3 aromatic rings. The van der Waals surface area contributed by atoms with Crippen molar-refractivity contribution in [3.05, 3.63) is 89.5 Å². The monoisotopic (exact) mass is 486 g/mol. The molecule has 0 saturated carbocycles. The van der Waals surface area contributed by atoms with Gasteiger partial charge in [-0.1, -0.05) is 49.7 Å². The zero-order valence-electron chi connectivity index (χ0n) is 21.7. The second kappa shape index (κ2) is 12.5. The van der Waals surface area contributed by atoms with Crippen molar-refractivity contribution in [3.63, 3.8) is 0 Å². The fraction of sp³-hybridized carbons (Fsp3) is 0.367. The van der Waals surface area contributed by atoms with Gasteiger partial charge in [0.1, 0.15) is 5.75 Å². The van der Waals surface area contributed by atoms with Crippen molar-refractivity contribution in [1.29, 1.82) is 0 Å². The Kier molecular flexibility index (Phi) is 8.85. The van der Waals surface area contributed by atoms with Crippen LogP contribution >= 0.6 is 0 Å². The summed E-state index contributed by atoms with van der Waals surface area (Å²) in [7, 11) is 4.09. The van der Waals surface area contributed by atoms with Gasteiger partial charge in [-0.3, -0.25) is 4.90 Å². The number of urea groups is 1. The summed E-state index contributed by atoms with van der Waals surface area (Å²) in [5.74, 6) is 0.820. The Labute approximate surface area is 215 Å². The number of carbonyl (C=O) groups is 1. The summed E-state index contributed by atoms with van der Waals surface area (Å²) in [6.45, 7) is 5.21. The number of amides is 2. The van der Waals surface area contributed by atoms with Crippen LogP contribution in [0, 0.1) is 0 Å². The largest absolute Gasteiger partial charge is 0.494 e. The number of nitrogens with zero attached hydrogens (tertiary/aromatic N) is 2. The van der Waals surface area contributed by atoms with Crippen LogP contribution < -0.4 is 20.3 Å². The van der Waals surface area contributed by atoms with Crippen molar-refractivity contribution in [2.75, 3.05) is 44.0 Å². The summed E-state index contributed by atoms with van der Waals surface area (Å²) < 4.78 is 5.71. The van der Waals surface area contributed by atoms with Crippen molar-refractivity contribution < 1.29 is 9.53 Å². The van der Waals surface area contributed by atoms with Crippen LogP contribution in [0.1, 0.15) is 42.5 Å². The first-order valence-corrected chi connectivity index (χ1v) is 12.9. The van der Waals surface area contributed by atoms with E-state index >= 15 is 0 Å². The lowest BCUT2D eigenvalue weighted by Gasteiger charge is -2.36. The van der Waals surface area contributed by atoms with Gasteiger partial charge in [-0.25, -0.2) is 4.79 Å². The van der Waals surface area contributed by atoms with E-state index in [-0.39, 0.29) is 12.1 Å². The van der Waals surface area contributed by atoms with E-state index in [4.69, 9.17) is 4.74 Å². The molecule has 0 fully saturated rings. The van der Waals surface area contributed by atoms with Gasteiger partial charge in [0.2, 0.25) is 0 Å². The van der Waals surface area contributed by atoms with E-state index in [0.717, 1.165) is 49.5 Å². The highest BCUT2D eigenvalue weighted by Crippen LogP contribution is 2.29. The van der Waals surface area contributed by atoms with Crippen LogP contribution in [-0.2, 0) is 13.0 Å². The molecule has 190 valence electrons. The van der Waals surface area contributed by atoms with E-state index in [1.807, 2.05) is 38.4 Å². The third-order valence-electron chi connectivity index (χ3n) is 6.73. The number of hydrogen-bond donors (Lipinski definition) is 2. The van der Waals surface area contributed by atoms with Crippen molar-refractivity contribution in [2.45, 2.75) is 38.8 Å². The van der Waals surface area contributed by atoms with Gasteiger partial charge in [0.25, 0.3) is 0 Å². The second-order valence-electron chi connectivity index (χ2n) is 9.55. The third kappa shape index (κ3) is 6.79. The lowest BCUT2D eigenvalue weighted by Crippen LogP contribution is -2.41. The molecular formula is C30H38N4O2. The Hall–Kier alpha value is -3.51. The molecule has 2 amide bonds. The highest BCUT2D eigenvalue weighted by molar-refractivity contribution is 5.89. The fourth-order valence-corrected chi connectivity index (χ4v) is 4.57. The maximum atomic E-state index is 12.8. The normalized spacial score (nSPS) is 14.0. The zero-order valence-corrected chi connectivity index (χ0v) is 21.7. The van der Waals surface area contributed by atoms with Crippen LogP contribution in [0.15, 0.2) is 72.8 Å². The molecule has 0 spiro atoms. The Bertz CT molecular complexity index is 1110. The number of nitrogens with one attached hydrogen (secondary N) is 2. The average Bonchev–Trinajstić information content (AvgIpc) is 2.90. The summed E-state index contributed by atoms with van der Waals surface area (Å²) in [5.41, 5.74) is 5.89. The summed E-state index contributed by atoms with van der Waals surface area (Å²) in [6, 6.07) is 24.7. The number of hydrogen-bond acceptors (Lipinski definition) is 4. The molecule has 1 atom stereocenters. The first kappa shape index (κ1) is 25.6. The topological polar surface area (TPSA) is 56.8 Å². The molecule has 6 heteroatoms. The molecule has 1 heterocycles. The summed E-state index contributed by atoms with van der Waals surface area (Å²) in [6.07, 6.45) is 3.15. The summed E-state index contributed by atoms with van der Waals surface area (Å²) in [5, 5.41) is 6.07. The van der Waals surface area contributed by atoms with Crippen molar-refractivity contribution >= 4 is 17.4 Å². The first-order chi connectivity index (χ1) is 17.5. The SMILES string of the molecule is CCCCOc1ccc(NC(=O)NC[C@H](c2ccc(N(C)C)cc2)N2CCc3ccccc3C2)cc1. The molecule has 0 aliphatic carbocycles. The standard InChI is InChI=1S/C30H38N4O2/c1-4-5-20-36-28-16-12-26(13-17-28)32-30(35)31-21-29(24-10-14-27(15-11-24)33(2)3)34-19-18-23-8-6-7-9-25(23)22-34/h6-17,29H,4-5,18-22H2,1-3H3,(H2,31,32,35)/t29-/m1/s1. The highest BCUT2D eigenvalue weighted by atomic mass is 16.5. The summed E-state index contributed by atoms with van der Waals surface area (Å²) in [4.78, 5) is 17.4. The van der Waals surface area contributed by atoms with Gasteiger partial charge in [-0.15, -0.1) is 0 Å².